The summed E-state index contributed by atoms with van der Waals surface area (Å²) in [5, 5.41) is 0. The largest absolute Gasteiger partial charge is 0.465 e. The fraction of sp³-hybridized carbons (Fsp3) is 0.172. The Kier molecular flexibility index (Phi) is 7.12. The van der Waals surface area contributed by atoms with E-state index in [0.717, 1.165) is 16.9 Å². The highest BCUT2D eigenvalue weighted by Crippen LogP contribution is 2.31. The van der Waals surface area contributed by atoms with Gasteiger partial charge in [0.2, 0.25) is 0 Å². The molecule has 0 amide bonds. The predicted molar refractivity (Wildman–Crippen MR) is 142 cm³/mol. The van der Waals surface area contributed by atoms with E-state index < -0.39 is 23.8 Å². The van der Waals surface area contributed by atoms with Crippen molar-refractivity contribution in [3.05, 3.63) is 114 Å². The van der Waals surface area contributed by atoms with Crippen LogP contribution in [0.5, 0.6) is 0 Å². The van der Waals surface area contributed by atoms with Crippen molar-refractivity contribution in [1.29, 1.82) is 0 Å². The molecule has 39 heavy (non-hydrogen) atoms. The number of esters is 2. The molecule has 4 aromatic rings. The van der Waals surface area contributed by atoms with Crippen LogP contribution in [-0.4, -0.2) is 30.2 Å². The lowest BCUT2D eigenvalue weighted by atomic mass is 9.96. The molecule has 0 unspecified atom stereocenters. The van der Waals surface area contributed by atoms with Gasteiger partial charge in [-0.05, 0) is 55.8 Å². The number of furan rings is 1. The second-order valence-corrected chi connectivity index (χ2v) is 9.63. The first-order valence-electron chi connectivity index (χ1n) is 12.0. The van der Waals surface area contributed by atoms with E-state index in [0.29, 0.717) is 37.7 Å². The van der Waals surface area contributed by atoms with Crippen LogP contribution >= 0.6 is 11.3 Å². The Labute approximate surface area is 226 Å². The van der Waals surface area contributed by atoms with Crippen LogP contribution in [0, 0.1) is 5.82 Å². The van der Waals surface area contributed by atoms with Crippen molar-refractivity contribution >= 4 is 29.4 Å². The standard InChI is InChI=1S/C29H23FN2O6S/c1-4-37-28(35)24-16(2)31-29-32(25(24)18-9-11-20(30)12-10-18)26(33)23(39-29)15-21-13-14-22(38-21)17-5-7-19(8-6-17)27(34)36-3/h5-15,25H,4H2,1-3H3/b23-15+/t25-/m0/s1. The highest BCUT2D eigenvalue weighted by Gasteiger charge is 2.33. The zero-order valence-electron chi connectivity index (χ0n) is 21.3. The Bertz CT molecular complexity index is 1780. The van der Waals surface area contributed by atoms with Gasteiger partial charge in [-0.2, -0.15) is 0 Å². The van der Waals surface area contributed by atoms with Crippen molar-refractivity contribution in [3.63, 3.8) is 0 Å². The number of carbonyl (C=O) groups excluding carboxylic acids is 2. The number of methoxy groups -OCH3 is 1. The molecule has 0 radical (unpaired) electrons. The molecule has 0 N–H and O–H groups in total. The molecule has 2 aromatic carbocycles. The number of benzene rings is 2. The molecular formula is C29H23FN2O6S. The number of rotatable bonds is 6. The zero-order valence-corrected chi connectivity index (χ0v) is 22.1. The van der Waals surface area contributed by atoms with Crippen molar-refractivity contribution in [2.45, 2.75) is 19.9 Å². The van der Waals surface area contributed by atoms with Crippen molar-refractivity contribution in [2.24, 2.45) is 4.99 Å². The number of aromatic nitrogens is 1. The highest BCUT2D eigenvalue weighted by molar-refractivity contribution is 7.07. The number of hydrogen-bond acceptors (Lipinski definition) is 8. The van der Waals surface area contributed by atoms with Crippen LogP contribution in [0.25, 0.3) is 17.4 Å². The van der Waals surface area contributed by atoms with E-state index in [9.17, 15) is 18.8 Å². The summed E-state index contributed by atoms with van der Waals surface area (Å²) in [6, 6.07) is 15.1. The van der Waals surface area contributed by atoms with E-state index in [1.807, 2.05) is 0 Å². The summed E-state index contributed by atoms with van der Waals surface area (Å²) in [6.07, 6.45) is 1.61. The maximum atomic E-state index is 13.7. The maximum absolute atomic E-state index is 13.7. The molecule has 0 aliphatic carbocycles. The SMILES string of the molecule is CCOC(=O)C1=C(C)N=c2s/c(=C/c3ccc(-c4ccc(C(=O)OC)cc4)o3)c(=O)n2[C@H]1c1ccc(F)cc1. The molecule has 0 spiro atoms. The Morgan fingerprint density at radius 2 is 1.79 bits per heavy atom. The van der Waals surface area contributed by atoms with Crippen LogP contribution in [0.2, 0.25) is 0 Å². The van der Waals surface area contributed by atoms with E-state index in [2.05, 4.69) is 4.99 Å². The normalized spacial score (nSPS) is 15.1. The van der Waals surface area contributed by atoms with Gasteiger partial charge in [-0.15, -0.1) is 0 Å². The van der Waals surface area contributed by atoms with Crippen LogP contribution < -0.4 is 14.9 Å². The molecule has 8 nitrogen and oxygen atoms in total. The first-order valence-corrected chi connectivity index (χ1v) is 12.9. The molecule has 2 aromatic heterocycles. The minimum absolute atomic E-state index is 0.155. The van der Waals surface area contributed by atoms with Crippen molar-refractivity contribution < 1.29 is 27.9 Å². The molecule has 0 saturated heterocycles. The van der Waals surface area contributed by atoms with Crippen LogP contribution in [0.4, 0.5) is 4.39 Å². The van der Waals surface area contributed by atoms with Crippen LogP contribution in [0.1, 0.15) is 41.6 Å². The Morgan fingerprint density at radius 1 is 1.08 bits per heavy atom. The summed E-state index contributed by atoms with van der Waals surface area (Å²) >= 11 is 1.16. The topological polar surface area (TPSA) is 100 Å². The summed E-state index contributed by atoms with van der Waals surface area (Å²) in [6.45, 7) is 3.54. The molecule has 10 heteroatoms. The third kappa shape index (κ3) is 4.98. The second-order valence-electron chi connectivity index (χ2n) is 8.62. The minimum atomic E-state index is -0.830. The second kappa shape index (κ2) is 10.7. The Morgan fingerprint density at radius 3 is 2.46 bits per heavy atom. The van der Waals surface area contributed by atoms with E-state index in [1.54, 1.807) is 68.5 Å². The van der Waals surface area contributed by atoms with Gasteiger partial charge in [0.1, 0.15) is 17.3 Å². The van der Waals surface area contributed by atoms with Crippen LogP contribution in [0.15, 0.2) is 86.1 Å². The van der Waals surface area contributed by atoms with Crippen molar-refractivity contribution in [1.82, 2.24) is 4.57 Å². The fourth-order valence-electron chi connectivity index (χ4n) is 4.36. The van der Waals surface area contributed by atoms with Gasteiger partial charge in [-0.3, -0.25) is 9.36 Å². The van der Waals surface area contributed by atoms with E-state index in [1.165, 1.54) is 23.8 Å². The highest BCUT2D eigenvalue weighted by atomic mass is 32.1. The quantitative estimate of drug-likeness (QED) is 0.339. The number of halogens is 1. The number of thiazole rings is 1. The number of nitrogens with zero attached hydrogens (tertiary/aromatic N) is 2. The monoisotopic (exact) mass is 546 g/mol. The average Bonchev–Trinajstić information content (AvgIpc) is 3.52. The molecule has 0 bridgehead atoms. The van der Waals surface area contributed by atoms with Crippen molar-refractivity contribution in [3.8, 4) is 11.3 Å². The van der Waals surface area contributed by atoms with E-state index in [4.69, 9.17) is 13.9 Å². The van der Waals surface area contributed by atoms with Gasteiger partial charge < -0.3 is 13.9 Å². The van der Waals surface area contributed by atoms with Gasteiger partial charge in [-0.25, -0.2) is 19.0 Å². The zero-order chi connectivity index (χ0) is 27.7. The third-order valence-electron chi connectivity index (χ3n) is 6.19. The first-order chi connectivity index (χ1) is 18.8. The third-order valence-corrected chi connectivity index (χ3v) is 7.18. The van der Waals surface area contributed by atoms with E-state index in [-0.39, 0.29) is 17.7 Å². The molecule has 1 aliphatic heterocycles. The van der Waals surface area contributed by atoms with Crippen LogP contribution in [-0.2, 0) is 14.3 Å². The molecule has 1 aliphatic rings. The van der Waals surface area contributed by atoms with Crippen LogP contribution in [0.3, 0.4) is 0 Å². The minimum Gasteiger partial charge on any atom is -0.465 e. The number of ether oxygens (including phenoxy) is 2. The van der Waals surface area contributed by atoms with Gasteiger partial charge in [0.25, 0.3) is 5.56 Å². The van der Waals surface area contributed by atoms with Gasteiger partial charge in [-0.1, -0.05) is 35.6 Å². The number of allylic oxidation sites excluding steroid dienone is 1. The summed E-state index contributed by atoms with van der Waals surface area (Å²) in [7, 11) is 1.32. The lowest BCUT2D eigenvalue weighted by Gasteiger charge is -2.24. The number of hydrogen-bond donors (Lipinski definition) is 0. The Hall–Kier alpha value is -4.57. The van der Waals surface area contributed by atoms with Gasteiger partial charge in [0, 0.05) is 11.6 Å². The molecular weight excluding hydrogens is 523 g/mol. The maximum Gasteiger partial charge on any atom is 0.338 e. The lowest BCUT2D eigenvalue weighted by Crippen LogP contribution is -2.39. The lowest BCUT2D eigenvalue weighted by molar-refractivity contribution is -0.139. The first kappa shape index (κ1) is 26.1. The summed E-state index contributed by atoms with van der Waals surface area (Å²) < 4.78 is 31.4. The molecule has 1 atom stereocenters. The molecule has 0 saturated carbocycles. The van der Waals surface area contributed by atoms with Gasteiger partial charge >= 0.3 is 11.9 Å². The predicted octanol–water partition coefficient (Wildman–Crippen LogP) is 3.98. The Balaban J connectivity index is 1.57. The smallest absolute Gasteiger partial charge is 0.338 e. The summed E-state index contributed by atoms with van der Waals surface area (Å²) in [4.78, 5) is 43.2. The van der Waals surface area contributed by atoms with Crippen molar-refractivity contribution in [2.75, 3.05) is 13.7 Å². The molecule has 198 valence electrons. The van der Waals surface area contributed by atoms with E-state index >= 15 is 0 Å². The number of carbonyl (C=O) groups is 2. The molecule has 0 fully saturated rings. The summed E-state index contributed by atoms with van der Waals surface area (Å²) in [5.74, 6) is -0.464. The number of fused-ring (bicyclic) bond motifs is 1. The molecule has 3 heterocycles. The molecule has 5 rings (SSSR count). The average molecular weight is 547 g/mol. The van der Waals surface area contributed by atoms with Gasteiger partial charge in [0.05, 0.1) is 41.1 Å². The van der Waals surface area contributed by atoms with Gasteiger partial charge in [0.15, 0.2) is 4.80 Å². The summed E-state index contributed by atoms with van der Waals surface area (Å²) in [5.41, 5.74) is 1.99. The fourth-order valence-corrected chi connectivity index (χ4v) is 5.38.